The molecule has 332 valence electrons. The first-order valence-corrected chi connectivity index (χ1v) is 26.8. The Morgan fingerprint density at radius 1 is 0.714 bits per heavy atom. The Balaban J connectivity index is 0.000000248. The first-order chi connectivity index (χ1) is 29.8. The molecule has 0 spiro atoms. The molecule has 0 saturated carbocycles. The average molecular weight is 893 g/mol. The van der Waals surface area contributed by atoms with Crippen LogP contribution in [-0.4, -0.2) is 66.5 Å². The number of methoxy groups -OCH3 is 1. The van der Waals surface area contributed by atoms with E-state index in [1.807, 2.05) is 24.3 Å². The van der Waals surface area contributed by atoms with E-state index in [9.17, 15) is 18.4 Å². The summed E-state index contributed by atoms with van der Waals surface area (Å²) in [6.07, 6.45) is 7.51. The monoisotopic (exact) mass is 892 g/mol. The summed E-state index contributed by atoms with van der Waals surface area (Å²) in [5.41, 5.74) is 11.4. The molecule has 4 heterocycles. The van der Waals surface area contributed by atoms with Crippen LogP contribution in [0.25, 0.3) is 0 Å². The standard InChI is InChI=1S/C19H16FN3O2.C14H23NO3Si.C12H11FN2.3CH3.Al/c20-16-3-1-2-13(9-16)8-14-4-7-18(22-10-14)23-19(25)15-5-6-17(12-24)21-11-15;1-14(2,3)19(5,6)18-10-12-8-7-11(9-15-12)13(16)17-4;13-11-3-1-2-9(7-11)6-10-4-5-12(14)15-8-10;;;;/h1-7,9-11,24H,8,12H2,(H,22,23,25);7-9H,10H2,1-6H3;1-5,7-8H,6H2,(H2,14,15);3*1H3;. The minimum Gasteiger partial charge on any atom is -0.465 e. The highest BCUT2D eigenvalue weighted by atomic mass is 28.4. The van der Waals surface area contributed by atoms with Crippen LogP contribution < -0.4 is 11.1 Å². The predicted molar refractivity (Wildman–Crippen MR) is 250 cm³/mol. The minimum atomic E-state index is -1.76. The Kier molecular flexibility index (Phi) is 20.8. The van der Waals surface area contributed by atoms with E-state index in [-0.39, 0.29) is 49.3 Å². The summed E-state index contributed by atoms with van der Waals surface area (Å²) in [6, 6.07) is 26.8. The normalized spacial score (nSPS) is 10.7. The number of aliphatic hydroxyl groups is 1. The molecule has 0 aliphatic carbocycles. The second-order valence-electron chi connectivity index (χ2n) is 16.7. The van der Waals surface area contributed by atoms with Crippen LogP contribution in [0.5, 0.6) is 0 Å². The molecule has 0 aliphatic rings. The summed E-state index contributed by atoms with van der Waals surface area (Å²) in [7, 11) is -0.404. The summed E-state index contributed by atoms with van der Waals surface area (Å²) in [5.74, 6) is 6.65. The Morgan fingerprint density at radius 3 is 1.67 bits per heavy atom. The first-order valence-electron chi connectivity index (χ1n) is 20.5. The zero-order valence-corrected chi connectivity index (χ0v) is 39.8. The van der Waals surface area contributed by atoms with Crippen molar-refractivity contribution >= 4 is 46.0 Å². The fourth-order valence-electron chi connectivity index (χ4n) is 4.97. The summed E-state index contributed by atoms with van der Waals surface area (Å²) < 4.78 is 36.8. The highest BCUT2D eigenvalue weighted by Crippen LogP contribution is 2.37. The third kappa shape index (κ3) is 19.1. The van der Waals surface area contributed by atoms with Crippen LogP contribution in [0.3, 0.4) is 0 Å². The van der Waals surface area contributed by atoms with Gasteiger partial charge >= 0.3 is 5.97 Å². The molecule has 4 aromatic heterocycles. The lowest BCUT2D eigenvalue weighted by Gasteiger charge is -2.36. The zero-order chi connectivity index (χ0) is 46.6. The number of benzene rings is 2. The molecular weight excluding hydrogens is 834 g/mol. The molecule has 0 atom stereocenters. The fourth-order valence-corrected chi connectivity index (χ4v) is 5.91. The lowest BCUT2D eigenvalue weighted by Crippen LogP contribution is -2.40. The fraction of sp³-hybridized carbons (Fsp3) is 0.292. The molecular formula is C48H59AlF2N6O5Si. The molecule has 6 aromatic rings. The number of pyridine rings is 4. The minimum absolute atomic E-state index is 0.139. The summed E-state index contributed by atoms with van der Waals surface area (Å²) >= 11 is -0.139. The van der Waals surface area contributed by atoms with Crippen LogP contribution in [0.1, 0.15) is 75.1 Å². The van der Waals surface area contributed by atoms with Crippen molar-refractivity contribution in [3.8, 4) is 0 Å². The number of aliphatic hydroxyl groups excluding tert-OH is 1. The van der Waals surface area contributed by atoms with Crippen LogP contribution in [0, 0.1) is 11.6 Å². The summed E-state index contributed by atoms with van der Waals surface area (Å²) in [6.45, 7) is 11.3. The molecule has 6 rings (SSSR count). The molecule has 11 nitrogen and oxygen atoms in total. The number of nitrogens with one attached hydrogen (secondary N) is 1. The van der Waals surface area contributed by atoms with E-state index in [0.29, 0.717) is 47.9 Å². The number of hydrogen-bond donors (Lipinski definition) is 3. The average Bonchev–Trinajstić information content (AvgIpc) is 3.24. The van der Waals surface area contributed by atoms with Crippen molar-refractivity contribution in [2.45, 2.75) is 82.3 Å². The van der Waals surface area contributed by atoms with Gasteiger partial charge in [-0.05, 0) is 114 Å². The van der Waals surface area contributed by atoms with Crippen molar-refractivity contribution in [2.75, 3.05) is 18.2 Å². The molecule has 1 amide bonds. The number of hydrogen-bond acceptors (Lipinski definition) is 10. The lowest BCUT2D eigenvalue weighted by atomic mass is 10.1. The maximum absolute atomic E-state index is 13.2. The van der Waals surface area contributed by atoms with Crippen LogP contribution >= 0.6 is 0 Å². The van der Waals surface area contributed by atoms with E-state index in [2.05, 4.69) is 81.2 Å². The van der Waals surface area contributed by atoms with Gasteiger partial charge in [0.05, 0.1) is 42.8 Å². The first kappa shape index (κ1) is 51.7. The number of rotatable bonds is 11. The highest BCUT2D eigenvalue weighted by Gasteiger charge is 2.37. The van der Waals surface area contributed by atoms with E-state index < -0.39 is 8.32 Å². The van der Waals surface area contributed by atoms with E-state index in [1.165, 1.54) is 43.8 Å². The van der Waals surface area contributed by atoms with Gasteiger partial charge in [-0.2, -0.15) is 0 Å². The van der Waals surface area contributed by atoms with Gasteiger partial charge in [0.1, 0.15) is 23.3 Å². The van der Waals surface area contributed by atoms with Gasteiger partial charge in [-0.1, -0.05) is 57.2 Å². The van der Waals surface area contributed by atoms with Crippen molar-refractivity contribution in [1.82, 2.24) is 19.9 Å². The number of aromatic nitrogens is 4. The number of halogens is 2. The topological polar surface area (TPSA) is 162 Å². The number of ether oxygens (including phenoxy) is 1. The van der Waals surface area contributed by atoms with Gasteiger partial charge in [0.25, 0.3) is 20.1 Å². The second kappa shape index (κ2) is 25.4. The van der Waals surface area contributed by atoms with Crippen LogP contribution in [-0.2, 0) is 35.2 Å². The van der Waals surface area contributed by atoms with E-state index in [1.54, 1.807) is 60.9 Å². The molecule has 4 N–H and O–H groups in total. The smallest absolute Gasteiger partial charge is 0.339 e. The quantitative estimate of drug-likeness (QED) is 0.0843. The van der Waals surface area contributed by atoms with Gasteiger partial charge in [-0.25, -0.2) is 23.5 Å². The molecule has 0 aliphatic heterocycles. The van der Waals surface area contributed by atoms with Gasteiger partial charge in [-0.15, -0.1) is 17.4 Å². The lowest BCUT2D eigenvalue weighted by molar-refractivity contribution is 0.0600. The highest BCUT2D eigenvalue weighted by molar-refractivity contribution is 6.74. The predicted octanol–water partition coefficient (Wildman–Crippen LogP) is 10.1. The van der Waals surface area contributed by atoms with Gasteiger partial charge < -0.3 is 25.3 Å². The Morgan fingerprint density at radius 2 is 1.24 bits per heavy atom. The Labute approximate surface area is 375 Å². The largest absolute Gasteiger partial charge is 0.465 e. The number of nitrogens with two attached hydrogens (primary N) is 1. The Bertz CT molecular complexity index is 2310. The third-order valence-corrected chi connectivity index (χ3v) is 13.9. The van der Waals surface area contributed by atoms with Crippen LogP contribution in [0.4, 0.5) is 20.4 Å². The van der Waals surface area contributed by atoms with Gasteiger partial charge in [0.2, 0.25) is 0 Å². The van der Waals surface area contributed by atoms with Crippen molar-refractivity contribution in [3.05, 3.63) is 178 Å². The van der Waals surface area contributed by atoms with E-state index >= 15 is 0 Å². The molecule has 0 radical (unpaired) electrons. The van der Waals surface area contributed by atoms with Crippen molar-refractivity contribution in [2.24, 2.45) is 0 Å². The van der Waals surface area contributed by atoms with Gasteiger partial charge in [-0.3, -0.25) is 14.8 Å². The third-order valence-electron chi connectivity index (χ3n) is 9.39. The van der Waals surface area contributed by atoms with Gasteiger partial charge in [0.15, 0.2) is 8.32 Å². The molecule has 63 heavy (non-hydrogen) atoms. The molecule has 15 heteroatoms. The van der Waals surface area contributed by atoms with Crippen molar-refractivity contribution < 1.29 is 32.6 Å². The maximum Gasteiger partial charge on any atom is 0.339 e. The zero-order valence-electron chi connectivity index (χ0n) is 37.7. The molecule has 2 aromatic carbocycles. The number of nitrogen functional groups attached to an aromatic ring is 1. The number of nitrogens with zero attached hydrogens (tertiary/aromatic N) is 4. The number of carbonyl (C=O) groups excluding carboxylic acids is 2. The second-order valence-corrected chi connectivity index (χ2v) is 25.0. The van der Waals surface area contributed by atoms with Crippen molar-refractivity contribution in [1.29, 1.82) is 0 Å². The molecule has 0 unspecified atom stereocenters. The SMILES string of the molecule is COC(=O)c1ccc(CO[Si](C)(C)C(C)(C)C)nc1.Nc1ccc(Cc2cccc(F)c2)cn1.O=C(Nc1ccc(Cc2cccc(F)c2)cn1)c1ccc(CO)nc1.[CH3][Al]([CH3])[CH3]. The van der Waals surface area contributed by atoms with Crippen LogP contribution in [0.2, 0.25) is 35.5 Å². The number of amides is 1. The molecule has 0 bridgehead atoms. The summed E-state index contributed by atoms with van der Waals surface area (Å²) in [4.78, 5) is 39.8. The molecule has 0 saturated heterocycles. The maximum atomic E-state index is 13.2. The van der Waals surface area contributed by atoms with Gasteiger partial charge in [0, 0.05) is 24.8 Å². The van der Waals surface area contributed by atoms with E-state index in [4.69, 9.17) is 15.3 Å². The number of anilines is 2. The van der Waals surface area contributed by atoms with E-state index in [0.717, 1.165) is 27.9 Å². The summed E-state index contributed by atoms with van der Waals surface area (Å²) in [5, 5.41) is 11.8. The number of esters is 1. The number of carbonyl (C=O) groups is 2. The van der Waals surface area contributed by atoms with Crippen molar-refractivity contribution in [3.63, 3.8) is 0 Å². The Hall–Kier alpha value is -5.69. The van der Waals surface area contributed by atoms with Crippen LogP contribution in [0.15, 0.2) is 122 Å². The molecule has 0 fully saturated rings.